The smallest absolute Gasteiger partial charge is 0.333 e. The van der Waals surface area contributed by atoms with E-state index in [1.54, 1.807) is 0 Å². The van der Waals surface area contributed by atoms with Crippen LogP contribution in [0.25, 0.3) is 91.4 Å². The molecule has 6 heterocycles. The number of hydrogen-bond donors (Lipinski definition) is 0. The second kappa shape index (κ2) is 10.4. The molecule has 0 aliphatic carbocycles. The summed E-state index contributed by atoms with van der Waals surface area (Å²) in [7, 11) is 0. The Morgan fingerprint density at radius 3 is 2.03 bits per heavy atom. The first-order valence-corrected chi connectivity index (χ1v) is 20.8. The van der Waals surface area contributed by atoms with Gasteiger partial charge in [0.15, 0.2) is 11.5 Å². The van der Waals surface area contributed by atoms with Crippen molar-refractivity contribution in [1.29, 1.82) is 0 Å². The molecule has 0 amide bonds. The number of benzene rings is 9. The van der Waals surface area contributed by atoms with Crippen LogP contribution in [0.3, 0.4) is 0 Å². The van der Waals surface area contributed by atoms with E-state index in [0.29, 0.717) is 0 Å². The van der Waals surface area contributed by atoms with Gasteiger partial charge in [0.25, 0.3) is 0 Å². The number of anilines is 3. The first kappa shape index (κ1) is 29.9. The third-order valence-corrected chi connectivity index (χ3v) is 14.4. The molecular weight excluding hydrogens is 725 g/mol. The van der Waals surface area contributed by atoms with Crippen LogP contribution in [0.2, 0.25) is 0 Å². The largest absolute Gasteiger partial charge is 0.453 e. The van der Waals surface area contributed by atoms with Gasteiger partial charge in [-0.05, 0) is 87.9 Å². The highest BCUT2D eigenvalue weighted by atomic mass is 32.1. The standard InChI is InChI=1S/C52H28BN3OS/c1-2-13-30-29(12-1)24-25-41-48(30)49-43(54-39-19-6-8-21-44(39)57-45-22-9-7-20-40(45)54)27-36-34-17-11-16-33-31-14-3-5-18-38(31)56(51(33)34)53-37-28-47-35(32-15-4-10-23-46(32)58-47)26-42(37)55(41)52(49)50(36)53/h1-28H. The highest BCUT2D eigenvalue weighted by Crippen LogP contribution is 2.55. The Morgan fingerprint density at radius 2 is 1.17 bits per heavy atom. The molecule has 0 radical (unpaired) electrons. The third kappa shape index (κ3) is 3.47. The van der Waals surface area contributed by atoms with Crippen molar-refractivity contribution in [3.63, 3.8) is 0 Å². The predicted molar refractivity (Wildman–Crippen MR) is 245 cm³/mol. The van der Waals surface area contributed by atoms with E-state index >= 15 is 0 Å². The molecule has 0 fully saturated rings. The van der Waals surface area contributed by atoms with Gasteiger partial charge in [-0.1, -0.05) is 109 Å². The number of ether oxygens (including phenoxy) is 1. The third-order valence-electron chi connectivity index (χ3n) is 13.2. The summed E-state index contributed by atoms with van der Waals surface area (Å²) in [4.78, 5) is 2.47. The van der Waals surface area contributed by atoms with Gasteiger partial charge in [0, 0.05) is 64.0 Å². The molecule has 0 unspecified atom stereocenters. The molecule has 6 heteroatoms. The normalized spacial score (nSPS) is 13.6. The van der Waals surface area contributed by atoms with E-state index in [0.717, 1.165) is 28.6 Å². The molecule has 0 N–H and O–H groups in total. The SMILES string of the molecule is c1ccc2c(c1)Oc1ccccc1N2c1cc2c3c4c1c1c5ccccc5ccc1n4-c1cc4c(cc1B3n1c3ccccc3c3cccc-2c31)sc1ccccc14. The van der Waals surface area contributed by atoms with E-state index in [9.17, 15) is 0 Å². The number of rotatable bonds is 1. The minimum absolute atomic E-state index is 0.0409. The summed E-state index contributed by atoms with van der Waals surface area (Å²) in [5.74, 6) is 1.70. The molecule has 3 aromatic heterocycles. The number of hydrogen-bond acceptors (Lipinski definition) is 3. The minimum Gasteiger partial charge on any atom is -0.453 e. The van der Waals surface area contributed by atoms with Gasteiger partial charge in [-0.25, -0.2) is 0 Å². The summed E-state index contributed by atoms with van der Waals surface area (Å²) in [5, 5.41) is 10.2. The maximum atomic E-state index is 6.64. The summed E-state index contributed by atoms with van der Waals surface area (Å²) in [6.07, 6.45) is 0. The Kier molecular flexibility index (Phi) is 5.35. The number of thiophene rings is 1. The lowest BCUT2D eigenvalue weighted by Gasteiger charge is -2.37. The molecular formula is C52H28BN3OS. The average Bonchev–Trinajstić information content (AvgIpc) is 3.94. The van der Waals surface area contributed by atoms with E-state index in [1.807, 2.05) is 11.3 Å². The van der Waals surface area contributed by atoms with Crippen molar-refractivity contribution in [3.8, 4) is 28.3 Å². The van der Waals surface area contributed by atoms with Crippen LogP contribution in [-0.2, 0) is 0 Å². The Morgan fingerprint density at radius 1 is 0.448 bits per heavy atom. The lowest BCUT2D eigenvalue weighted by Crippen LogP contribution is -2.55. The molecule has 0 saturated carbocycles. The van der Waals surface area contributed by atoms with E-state index in [4.69, 9.17) is 4.74 Å². The molecule has 0 bridgehead atoms. The van der Waals surface area contributed by atoms with Crippen LogP contribution in [-0.4, -0.2) is 15.9 Å². The zero-order chi connectivity index (χ0) is 37.4. The summed E-state index contributed by atoms with van der Waals surface area (Å²) in [5.41, 5.74) is 14.8. The summed E-state index contributed by atoms with van der Waals surface area (Å²) in [6, 6.07) is 63.0. The number of para-hydroxylation sites is 6. The van der Waals surface area contributed by atoms with Crippen LogP contribution in [0.1, 0.15) is 0 Å². The second-order valence-corrected chi connectivity index (χ2v) is 17.1. The van der Waals surface area contributed by atoms with E-state index in [2.05, 4.69) is 184 Å². The molecule has 58 heavy (non-hydrogen) atoms. The van der Waals surface area contributed by atoms with Gasteiger partial charge < -0.3 is 18.7 Å². The summed E-state index contributed by atoms with van der Waals surface area (Å²) < 4.78 is 14.6. The zero-order valence-corrected chi connectivity index (χ0v) is 31.7. The zero-order valence-electron chi connectivity index (χ0n) is 30.9. The van der Waals surface area contributed by atoms with Crippen LogP contribution in [0.4, 0.5) is 17.1 Å². The molecule has 4 nitrogen and oxygen atoms in total. The van der Waals surface area contributed by atoms with Gasteiger partial charge in [0.2, 0.25) is 0 Å². The van der Waals surface area contributed by atoms with Gasteiger partial charge in [-0.3, -0.25) is 0 Å². The van der Waals surface area contributed by atoms with Gasteiger partial charge in [0.05, 0.1) is 28.1 Å². The van der Waals surface area contributed by atoms with E-state index in [-0.39, 0.29) is 6.85 Å². The predicted octanol–water partition coefficient (Wildman–Crippen LogP) is 12.9. The van der Waals surface area contributed by atoms with Crippen molar-refractivity contribution in [2.24, 2.45) is 0 Å². The molecule has 0 atom stereocenters. The fraction of sp³-hybridized carbons (Fsp3) is 0. The van der Waals surface area contributed by atoms with Crippen molar-refractivity contribution in [1.82, 2.24) is 9.05 Å². The average molecular weight is 754 g/mol. The second-order valence-electron chi connectivity index (χ2n) is 16.0. The lowest BCUT2D eigenvalue weighted by molar-refractivity contribution is 0.477. The van der Waals surface area contributed by atoms with Crippen LogP contribution in [0.5, 0.6) is 11.5 Å². The minimum atomic E-state index is -0.0409. The molecule has 266 valence electrons. The molecule has 0 saturated heterocycles. The van der Waals surface area contributed by atoms with Gasteiger partial charge >= 0.3 is 6.85 Å². The first-order chi connectivity index (χ1) is 28.8. The van der Waals surface area contributed by atoms with Crippen molar-refractivity contribution in [2.45, 2.75) is 0 Å². The van der Waals surface area contributed by atoms with Crippen LogP contribution in [0.15, 0.2) is 170 Å². The van der Waals surface area contributed by atoms with Gasteiger partial charge in [-0.15, -0.1) is 11.3 Å². The molecule has 9 aromatic carbocycles. The van der Waals surface area contributed by atoms with Gasteiger partial charge in [-0.2, -0.15) is 0 Å². The first-order valence-electron chi connectivity index (χ1n) is 20.0. The van der Waals surface area contributed by atoms with Crippen LogP contribution >= 0.6 is 11.3 Å². The maximum absolute atomic E-state index is 6.64. The number of aromatic nitrogens is 2. The van der Waals surface area contributed by atoms with Crippen LogP contribution < -0.4 is 20.6 Å². The summed E-state index contributed by atoms with van der Waals surface area (Å²) >= 11 is 1.91. The maximum Gasteiger partial charge on any atom is 0.333 e. The monoisotopic (exact) mass is 753 g/mol. The fourth-order valence-electron chi connectivity index (χ4n) is 11.0. The molecule has 3 aliphatic heterocycles. The topological polar surface area (TPSA) is 22.3 Å². The van der Waals surface area contributed by atoms with Crippen molar-refractivity contribution in [3.05, 3.63) is 170 Å². The Hall–Kier alpha value is -7.28. The van der Waals surface area contributed by atoms with Gasteiger partial charge in [0.1, 0.15) is 0 Å². The lowest BCUT2D eigenvalue weighted by atomic mass is 9.45. The van der Waals surface area contributed by atoms with Crippen molar-refractivity contribution >= 4 is 121 Å². The highest BCUT2D eigenvalue weighted by molar-refractivity contribution is 7.26. The molecule has 3 aliphatic rings. The van der Waals surface area contributed by atoms with E-state index < -0.39 is 0 Å². The molecule has 12 aromatic rings. The number of nitrogens with zero attached hydrogens (tertiary/aromatic N) is 3. The summed E-state index contributed by atoms with van der Waals surface area (Å²) in [6.45, 7) is -0.0409. The quantitative estimate of drug-likeness (QED) is 0.156. The Bertz CT molecular complexity index is 3830. The van der Waals surface area contributed by atoms with Crippen LogP contribution in [0, 0.1) is 0 Å². The fourth-order valence-corrected chi connectivity index (χ4v) is 12.2. The van der Waals surface area contributed by atoms with Crippen molar-refractivity contribution < 1.29 is 4.74 Å². The molecule has 15 rings (SSSR count). The number of fused-ring (bicyclic) bond motifs is 18. The Labute approximate surface area is 336 Å². The molecule has 0 spiro atoms. The Balaban J connectivity index is 1.23. The van der Waals surface area contributed by atoms with Crippen molar-refractivity contribution in [2.75, 3.05) is 4.90 Å². The highest BCUT2D eigenvalue weighted by Gasteiger charge is 2.43. The van der Waals surface area contributed by atoms with E-state index in [1.165, 1.54) is 102 Å².